The van der Waals surface area contributed by atoms with Crippen molar-refractivity contribution in [2.75, 3.05) is 19.9 Å². The van der Waals surface area contributed by atoms with Crippen molar-refractivity contribution in [1.29, 1.82) is 0 Å². The standard InChI is InChI=1S/C11H12FNO2/c12-10-4-2-1-3-9(10)7-11(14)13-5-6-15-8-13/h1-4H,5-8H2. The summed E-state index contributed by atoms with van der Waals surface area (Å²) in [6, 6.07) is 6.34. The van der Waals surface area contributed by atoms with Gasteiger partial charge in [0.15, 0.2) is 0 Å². The number of ether oxygens (including phenoxy) is 1. The van der Waals surface area contributed by atoms with Crippen LogP contribution in [0.25, 0.3) is 0 Å². The summed E-state index contributed by atoms with van der Waals surface area (Å²) in [7, 11) is 0. The molecule has 1 aromatic carbocycles. The van der Waals surface area contributed by atoms with Crippen LogP contribution < -0.4 is 0 Å². The maximum Gasteiger partial charge on any atom is 0.228 e. The Labute approximate surface area is 87.5 Å². The van der Waals surface area contributed by atoms with Gasteiger partial charge in [0.2, 0.25) is 5.91 Å². The summed E-state index contributed by atoms with van der Waals surface area (Å²) in [4.78, 5) is 13.2. The monoisotopic (exact) mass is 209 g/mol. The Kier molecular flexibility index (Phi) is 2.97. The summed E-state index contributed by atoms with van der Waals surface area (Å²) in [6.07, 6.45) is 0.107. The summed E-state index contributed by atoms with van der Waals surface area (Å²) < 4.78 is 18.3. The van der Waals surface area contributed by atoms with Gasteiger partial charge in [-0.2, -0.15) is 0 Å². The van der Waals surface area contributed by atoms with Gasteiger partial charge in [0.1, 0.15) is 12.5 Å². The van der Waals surface area contributed by atoms with E-state index in [0.29, 0.717) is 25.4 Å². The summed E-state index contributed by atoms with van der Waals surface area (Å²) in [5.74, 6) is -0.413. The second kappa shape index (κ2) is 4.40. The van der Waals surface area contributed by atoms with E-state index in [9.17, 15) is 9.18 Å². The molecule has 0 aliphatic carbocycles. The Bertz CT molecular complexity index is 361. The predicted molar refractivity (Wildman–Crippen MR) is 52.6 cm³/mol. The van der Waals surface area contributed by atoms with E-state index in [-0.39, 0.29) is 18.1 Å². The second-order valence-corrected chi connectivity index (χ2v) is 3.46. The van der Waals surface area contributed by atoms with E-state index in [0.717, 1.165) is 0 Å². The fourth-order valence-electron chi connectivity index (χ4n) is 1.53. The lowest BCUT2D eigenvalue weighted by atomic mass is 10.1. The fraction of sp³-hybridized carbons (Fsp3) is 0.364. The molecule has 1 fully saturated rings. The Balaban J connectivity index is 2.02. The summed E-state index contributed by atoms with van der Waals surface area (Å²) in [6.45, 7) is 1.50. The van der Waals surface area contributed by atoms with Crippen LogP contribution in [0.1, 0.15) is 5.56 Å². The van der Waals surface area contributed by atoms with E-state index in [1.54, 1.807) is 23.1 Å². The number of amides is 1. The van der Waals surface area contributed by atoms with E-state index < -0.39 is 0 Å². The van der Waals surface area contributed by atoms with Crippen molar-refractivity contribution < 1.29 is 13.9 Å². The van der Waals surface area contributed by atoms with Gasteiger partial charge in [-0.25, -0.2) is 4.39 Å². The normalized spacial score (nSPS) is 15.7. The predicted octanol–water partition coefficient (Wildman–Crippen LogP) is 1.18. The molecule has 1 aliphatic rings. The van der Waals surface area contributed by atoms with Crippen LogP contribution in [-0.2, 0) is 16.0 Å². The van der Waals surface area contributed by atoms with Crippen LogP contribution in [0.2, 0.25) is 0 Å². The second-order valence-electron chi connectivity index (χ2n) is 3.46. The van der Waals surface area contributed by atoms with Crippen molar-refractivity contribution in [3.63, 3.8) is 0 Å². The molecule has 0 saturated carbocycles. The highest BCUT2D eigenvalue weighted by atomic mass is 19.1. The number of carbonyl (C=O) groups is 1. The molecule has 0 atom stereocenters. The zero-order valence-electron chi connectivity index (χ0n) is 8.28. The molecule has 0 aromatic heterocycles. The third-order valence-electron chi connectivity index (χ3n) is 2.40. The first-order chi connectivity index (χ1) is 7.27. The molecular weight excluding hydrogens is 197 g/mol. The lowest BCUT2D eigenvalue weighted by Gasteiger charge is -2.13. The zero-order chi connectivity index (χ0) is 10.7. The summed E-state index contributed by atoms with van der Waals surface area (Å²) in [5, 5.41) is 0. The first-order valence-electron chi connectivity index (χ1n) is 4.86. The van der Waals surface area contributed by atoms with E-state index in [1.165, 1.54) is 6.07 Å². The highest BCUT2D eigenvalue weighted by Crippen LogP contribution is 2.10. The molecule has 0 bridgehead atoms. The van der Waals surface area contributed by atoms with Crippen molar-refractivity contribution >= 4 is 5.91 Å². The van der Waals surface area contributed by atoms with Gasteiger partial charge in [-0.1, -0.05) is 18.2 Å². The van der Waals surface area contributed by atoms with Gasteiger partial charge >= 0.3 is 0 Å². The van der Waals surface area contributed by atoms with Crippen molar-refractivity contribution in [2.45, 2.75) is 6.42 Å². The van der Waals surface area contributed by atoms with Crippen LogP contribution >= 0.6 is 0 Å². The van der Waals surface area contributed by atoms with Gasteiger partial charge in [0.25, 0.3) is 0 Å². The maximum atomic E-state index is 13.2. The fourth-order valence-corrected chi connectivity index (χ4v) is 1.53. The molecule has 1 aromatic rings. The molecule has 0 N–H and O–H groups in total. The lowest BCUT2D eigenvalue weighted by Crippen LogP contribution is -2.29. The first kappa shape index (κ1) is 10.1. The quantitative estimate of drug-likeness (QED) is 0.732. The van der Waals surface area contributed by atoms with Gasteiger partial charge in [0.05, 0.1) is 13.0 Å². The Hall–Kier alpha value is -1.42. The molecule has 80 valence electrons. The van der Waals surface area contributed by atoms with Crippen LogP contribution in [0.3, 0.4) is 0 Å². The summed E-state index contributed by atoms with van der Waals surface area (Å²) >= 11 is 0. The molecule has 2 rings (SSSR count). The molecule has 0 spiro atoms. The smallest absolute Gasteiger partial charge is 0.228 e. The molecule has 4 heteroatoms. The van der Waals surface area contributed by atoms with E-state index in [1.807, 2.05) is 0 Å². The number of benzene rings is 1. The lowest BCUT2D eigenvalue weighted by molar-refractivity contribution is -0.130. The van der Waals surface area contributed by atoms with Crippen molar-refractivity contribution in [3.05, 3.63) is 35.6 Å². The summed E-state index contributed by atoms with van der Waals surface area (Å²) in [5.41, 5.74) is 0.439. The Morgan fingerprint density at radius 3 is 2.93 bits per heavy atom. The third kappa shape index (κ3) is 2.33. The van der Waals surface area contributed by atoms with Crippen molar-refractivity contribution in [1.82, 2.24) is 4.90 Å². The third-order valence-corrected chi connectivity index (χ3v) is 2.40. The average molecular weight is 209 g/mol. The molecule has 1 saturated heterocycles. The van der Waals surface area contributed by atoms with Crippen molar-refractivity contribution in [3.8, 4) is 0 Å². The molecule has 1 heterocycles. The molecule has 0 radical (unpaired) electrons. The van der Waals surface area contributed by atoms with Crippen LogP contribution in [-0.4, -0.2) is 30.7 Å². The van der Waals surface area contributed by atoms with Gasteiger partial charge in [-0.05, 0) is 11.6 Å². The molecule has 15 heavy (non-hydrogen) atoms. The minimum atomic E-state index is -0.328. The first-order valence-corrected chi connectivity index (χ1v) is 4.86. The number of hydrogen-bond acceptors (Lipinski definition) is 2. The van der Waals surface area contributed by atoms with E-state index in [4.69, 9.17) is 4.74 Å². The number of nitrogens with zero attached hydrogens (tertiary/aromatic N) is 1. The molecule has 1 amide bonds. The molecular formula is C11H12FNO2. The highest BCUT2D eigenvalue weighted by molar-refractivity contribution is 5.78. The van der Waals surface area contributed by atoms with Crippen molar-refractivity contribution in [2.24, 2.45) is 0 Å². The number of carbonyl (C=O) groups excluding carboxylic acids is 1. The number of hydrogen-bond donors (Lipinski definition) is 0. The average Bonchev–Trinajstić information content (AvgIpc) is 2.74. The van der Waals surface area contributed by atoms with Gasteiger partial charge in [-0.3, -0.25) is 4.79 Å². The minimum Gasteiger partial charge on any atom is -0.359 e. The Morgan fingerprint density at radius 2 is 2.27 bits per heavy atom. The van der Waals surface area contributed by atoms with Gasteiger partial charge in [-0.15, -0.1) is 0 Å². The molecule has 1 aliphatic heterocycles. The maximum absolute atomic E-state index is 13.2. The van der Waals surface area contributed by atoms with E-state index >= 15 is 0 Å². The van der Waals surface area contributed by atoms with Crippen LogP contribution in [0, 0.1) is 5.82 Å². The SMILES string of the molecule is O=C(Cc1ccccc1F)N1CCOC1. The topological polar surface area (TPSA) is 29.5 Å². The highest BCUT2D eigenvalue weighted by Gasteiger charge is 2.19. The Morgan fingerprint density at radius 1 is 1.47 bits per heavy atom. The number of halogens is 1. The molecule has 3 nitrogen and oxygen atoms in total. The van der Waals surface area contributed by atoms with Crippen LogP contribution in [0.4, 0.5) is 4.39 Å². The number of rotatable bonds is 2. The van der Waals surface area contributed by atoms with Gasteiger partial charge in [0, 0.05) is 6.54 Å². The van der Waals surface area contributed by atoms with E-state index in [2.05, 4.69) is 0 Å². The van der Waals surface area contributed by atoms with Gasteiger partial charge < -0.3 is 9.64 Å². The minimum absolute atomic E-state index is 0.0856. The largest absolute Gasteiger partial charge is 0.359 e. The van der Waals surface area contributed by atoms with Crippen LogP contribution in [0.15, 0.2) is 24.3 Å². The van der Waals surface area contributed by atoms with Crippen LogP contribution in [0.5, 0.6) is 0 Å². The molecule has 0 unspecified atom stereocenters. The zero-order valence-corrected chi connectivity index (χ0v) is 8.28.